The minimum Gasteiger partial charge on any atom is -0.489 e. The van der Waals surface area contributed by atoms with Crippen LogP contribution in [0.3, 0.4) is 0 Å². The van der Waals surface area contributed by atoms with Gasteiger partial charge in [-0.05, 0) is 18.8 Å². The van der Waals surface area contributed by atoms with Crippen molar-refractivity contribution in [1.82, 2.24) is 4.98 Å². The summed E-state index contributed by atoms with van der Waals surface area (Å²) >= 11 is 0. The maximum Gasteiger partial charge on any atom is 0.140 e. The molecule has 0 aromatic carbocycles. The van der Waals surface area contributed by atoms with Gasteiger partial charge in [0.25, 0.3) is 0 Å². The number of hydrogen-bond donors (Lipinski definition) is 0. The first-order chi connectivity index (χ1) is 7.20. The van der Waals surface area contributed by atoms with Crippen LogP contribution in [0.25, 0.3) is 0 Å². The minimum absolute atomic E-state index is 0.319. The average Bonchev–Trinajstić information content (AvgIpc) is 3.01. The summed E-state index contributed by atoms with van der Waals surface area (Å²) in [6.07, 6.45) is 4.13. The fourth-order valence-corrected chi connectivity index (χ4v) is 1.31. The lowest BCUT2D eigenvalue weighted by atomic mass is 10.1. The highest BCUT2D eigenvalue weighted by molar-refractivity contribution is 5.42. The molecule has 2 rings (SSSR count). The molecule has 1 fully saturated rings. The predicted molar refractivity (Wildman–Crippen MR) is 56.7 cm³/mol. The molecule has 1 aliphatic carbocycles. The van der Waals surface area contributed by atoms with Crippen LogP contribution in [-0.2, 0) is 0 Å². The van der Waals surface area contributed by atoms with Gasteiger partial charge in [-0.1, -0.05) is 13.8 Å². The Labute approximate surface area is 89.7 Å². The molecule has 1 saturated carbocycles. The first-order valence-electron chi connectivity index (χ1n) is 5.27. The summed E-state index contributed by atoms with van der Waals surface area (Å²) in [5.74, 6) is 1.05. The summed E-state index contributed by atoms with van der Waals surface area (Å²) in [6.45, 7) is 4.16. The van der Waals surface area contributed by atoms with E-state index in [0.717, 1.165) is 18.5 Å². The molecule has 0 spiro atoms. The van der Waals surface area contributed by atoms with Crippen LogP contribution in [0.15, 0.2) is 12.3 Å². The average molecular weight is 202 g/mol. The van der Waals surface area contributed by atoms with Gasteiger partial charge in [-0.25, -0.2) is 0 Å². The van der Waals surface area contributed by atoms with Gasteiger partial charge in [0, 0.05) is 18.0 Å². The largest absolute Gasteiger partial charge is 0.489 e. The number of ether oxygens (including phenoxy) is 1. The molecule has 78 valence electrons. The Hall–Kier alpha value is -1.56. The van der Waals surface area contributed by atoms with Crippen LogP contribution in [0, 0.1) is 11.3 Å². The maximum absolute atomic E-state index is 8.91. The van der Waals surface area contributed by atoms with Crippen LogP contribution in [0.1, 0.15) is 43.9 Å². The third-order valence-corrected chi connectivity index (χ3v) is 2.42. The normalized spacial score (nSPS) is 15.1. The lowest BCUT2D eigenvalue weighted by molar-refractivity contribution is 0.301. The van der Waals surface area contributed by atoms with Gasteiger partial charge in [0.15, 0.2) is 0 Å². The Morgan fingerprint density at radius 2 is 2.27 bits per heavy atom. The third kappa shape index (κ3) is 2.27. The quantitative estimate of drug-likeness (QED) is 0.756. The van der Waals surface area contributed by atoms with Gasteiger partial charge >= 0.3 is 0 Å². The van der Waals surface area contributed by atoms with Crippen molar-refractivity contribution in [1.29, 1.82) is 5.26 Å². The van der Waals surface area contributed by atoms with E-state index in [2.05, 4.69) is 24.9 Å². The van der Waals surface area contributed by atoms with Crippen LogP contribution in [-0.4, -0.2) is 11.1 Å². The molecular formula is C12H14N2O. The zero-order chi connectivity index (χ0) is 10.8. The zero-order valence-electron chi connectivity index (χ0n) is 9.03. The Morgan fingerprint density at radius 1 is 1.53 bits per heavy atom. The predicted octanol–water partition coefficient (Wildman–Crippen LogP) is 2.62. The highest BCUT2D eigenvalue weighted by Gasteiger charge is 2.25. The highest BCUT2D eigenvalue weighted by atomic mass is 16.5. The van der Waals surface area contributed by atoms with E-state index in [1.807, 2.05) is 6.07 Å². The van der Waals surface area contributed by atoms with Gasteiger partial charge in [0.05, 0.1) is 6.10 Å². The van der Waals surface area contributed by atoms with Crippen molar-refractivity contribution < 1.29 is 4.74 Å². The van der Waals surface area contributed by atoms with E-state index in [4.69, 9.17) is 10.00 Å². The van der Waals surface area contributed by atoms with Crippen molar-refractivity contribution in [2.24, 2.45) is 0 Å². The smallest absolute Gasteiger partial charge is 0.140 e. The molecule has 1 aromatic rings. The second kappa shape index (κ2) is 3.90. The van der Waals surface area contributed by atoms with Crippen molar-refractivity contribution >= 4 is 0 Å². The van der Waals surface area contributed by atoms with Crippen molar-refractivity contribution in [2.75, 3.05) is 0 Å². The zero-order valence-corrected chi connectivity index (χ0v) is 9.03. The molecule has 0 radical (unpaired) electrons. The van der Waals surface area contributed by atoms with E-state index < -0.39 is 0 Å². The van der Waals surface area contributed by atoms with E-state index in [9.17, 15) is 0 Å². The molecule has 0 unspecified atom stereocenters. The second-order valence-corrected chi connectivity index (χ2v) is 4.19. The van der Waals surface area contributed by atoms with Crippen LogP contribution in [0.5, 0.6) is 5.75 Å². The summed E-state index contributed by atoms with van der Waals surface area (Å²) in [5.41, 5.74) is 1.51. The SMILES string of the molecule is CC(C)c1cc(OC2CC2)c(C#N)cn1. The number of rotatable bonds is 3. The number of nitrogens with zero attached hydrogens (tertiary/aromatic N) is 2. The Kier molecular flexibility index (Phi) is 2.59. The third-order valence-electron chi connectivity index (χ3n) is 2.42. The van der Waals surface area contributed by atoms with Crippen molar-refractivity contribution in [3.05, 3.63) is 23.5 Å². The molecule has 0 amide bonds. The lowest BCUT2D eigenvalue weighted by Gasteiger charge is -2.09. The molecule has 3 nitrogen and oxygen atoms in total. The standard InChI is InChI=1S/C12H14N2O/c1-8(2)11-5-12(15-10-3-4-10)9(6-13)7-14-11/h5,7-8,10H,3-4H2,1-2H3. The summed E-state index contributed by atoms with van der Waals surface area (Å²) in [7, 11) is 0. The molecule has 1 aromatic heterocycles. The van der Waals surface area contributed by atoms with E-state index >= 15 is 0 Å². The van der Waals surface area contributed by atoms with Gasteiger partial charge in [0.2, 0.25) is 0 Å². The van der Waals surface area contributed by atoms with E-state index in [1.54, 1.807) is 6.20 Å². The number of aromatic nitrogens is 1. The molecular weight excluding hydrogens is 188 g/mol. The summed E-state index contributed by atoms with van der Waals surface area (Å²) in [6, 6.07) is 4.00. The molecule has 1 aliphatic rings. The van der Waals surface area contributed by atoms with Crippen molar-refractivity contribution in [3.8, 4) is 11.8 Å². The molecule has 0 bridgehead atoms. The van der Waals surface area contributed by atoms with E-state index in [-0.39, 0.29) is 0 Å². The number of nitriles is 1. The first-order valence-corrected chi connectivity index (χ1v) is 5.27. The Bertz CT molecular complexity index is 403. The molecule has 0 saturated heterocycles. The van der Waals surface area contributed by atoms with Gasteiger partial charge < -0.3 is 4.74 Å². The minimum atomic E-state index is 0.319. The second-order valence-electron chi connectivity index (χ2n) is 4.19. The summed E-state index contributed by atoms with van der Waals surface area (Å²) < 4.78 is 5.68. The molecule has 15 heavy (non-hydrogen) atoms. The lowest BCUT2D eigenvalue weighted by Crippen LogP contribution is -2.01. The van der Waals surface area contributed by atoms with Crippen LogP contribution < -0.4 is 4.74 Å². The van der Waals surface area contributed by atoms with E-state index in [0.29, 0.717) is 23.3 Å². The van der Waals surface area contributed by atoms with Crippen LogP contribution >= 0.6 is 0 Å². The molecule has 0 N–H and O–H groups in total. The number of pyridine rings is 1. The summed E-state index contributed by atoms with van der Waals surface area (Å²) in [5, 5.41) is 8.91. The fourth-order valence-electron chi connectivity index (χ4n) is 1.31. The Balaban J connectivity index is 2.29. The van der Waals surface area contributed by atoms with Gasteiger partial charge in [-0.3, -0.25) is 4.98 Å². The van der Waals surface area contributed by atoms with Crippen LogP contribution in [0.2, 0.25) is 0 Å². The monoisotopic (exact) mass is 202 g/mol. The van der Waals surface area contributed by atoms with Gasteiger partial charge in [0.1, 0.15) is 17.4 Å². The maximum atomic E-state index is 8.91. The van der Waals surface area contributed by atoms with Crippen molar-refractivity contribution in [3.63, 3.8) is 0 Å². The van der Waals surface area contributed by atoms with Crippen LogP contribution in [0.4, 0.5) is 0 Å². The van der Waals surface area contributed by atoms with Gasteiger partial charge in [-0.15, -0.1) is 0 Å². The molecule has 3 heteroatoms. The highest BCUT2D eigenvalue weighted by Crippen LogP contribution is 2.30. The number of hydrogen-bond acceptors (Lipinski definition) is 3. The Morgan fingerprint density at radius 3 is 2.80 bits per heavy atom. The first kappa shape index (κ1) is 9.97. The molecule has 1 heterocycles. The summed E-state index contributed by atoms with van der Waals surface area (Å²) in [4.78, 5) is 4.23. The topological polar surface area (TPSA) is 45.9 Å². The molecule has 0 atom stereocenters. The van der Waals surface area contributed by atoms with E-state index in [1.165, 1.54) is 0 Å². The van der Waals surface area contributed by atoms with Gasteiger partial charge in [-0.2, -0.15) is 5.26 Å². The molecule has 0 aliphatic heterocycles. The van der Waals surface area contributed by atoms with Crippen molar-refractivity contribution in [2.45, 2.75) is 38.7 Å². The fraction of sp³-hybridized carbons (Fsp3) is 0.500.